The SMILES string of the molecule is CCOc1ncccc1-c1ccc2c(n1)CN(C[C@H]1CCCN1C(=O)OC(C)(C)C)CC21CCN(Cc2ccccc2)CC1CC. The first-order valence-electron chi connectivity index (χ1n) is 17.3. The van der Waals surface area contributed by atoms with Crippen molar-refractivity contribution >= 4 is 6.09 Å². The molecule has 2 fully saturated rings. The second-order valence-corrected chi connectivity index (χ2v) is 14.4. The van der Waals surface area contributed by atoms with Gasteiger partial charge in [-0.25, -0.2) is 9.78 Å². The van der Waals surface area contributed by atoms with Crippen molar-refractivity contribution in [2.24, 2.45) is 5.92 Å². The summed E-state index contributed by atoms with van der Waals surface area (Å²) in [4.78, 5) is 30.3. The van der Waals surface area contributed by atoms with Gasteiger partial charge in [-0.05, 0) is 88.7 Å². The lowest BCUT2D eigenvalue weighted by molar-refractivity contribution is 0.0107. The fraction of sp³-hybridized carbons (Fsp3) is 0.553. The quantitative estimate of drug-likeness (QED) is 0.269. The van der Waals surface area contributed by atoms with Crippen LogP contribution in [0, 0.1) is 5.92 Å². The van der Waals surface area contributed by atoms with Crippen LogP contribution in [-0.2, 0) is 23.2 Å². The van der Waals surface area contributed by atoms with E-state index >= 15 is 0 Å². The van der Waals surface area contributed by atoms with Crippen molar-refractivity contribution in [1.29, 1.82) is 0 Å². The van der Waals surface area contributed by atoms with Gasteiger partial charge in [0, 0.05) is 56.9 Å². The first kappa shape index (κ1) is 32.5. The van der Waals surface area contributed by atoms with Gasteiger partial charge in [-0.1, -0.05) is 49.7 Å². The van der Waals surface area contributed by atoms with Gasteiger partial charge in [-0.3, -0.25) is 14.8 Å². The average molecular weight is 626 g/mol. The van der Waals surface area contributed by atoms with E-state index in [9.17, 15) is 4.79 Å². The second-order valence-electron chi connectivity index (χ2n) is 14.4. The highest BCUT2D eigenvalue weighted by Crippen LogP contribution is 2.47. The molecule has 8 heteroatoms. The second kappa shape index (κ2) is 13.7. The van der Waals surface area contributed by atoms with Gasteiger partial charge in [-0.2, -0.15) is 0 Å². The molecule has 3 aromatic rings. The summed E-state index contributed by atoms with van der Waals surface area (Å²) >= 11 is 0. The smallest absolute Gasteiger partial charge is 0.410 e. The Morgan fingerprint density at radius 2 is 1.85 bits per heavy atom. The molecule has 6 rings (SSSR count). The monoisotopic (exact) mass is 625 g/mol. The van der Waals surface area contributed by atoms with Crippen molar-refractivity contribution < 1.29 is 14.3 Å². The number of hydrogen-bond donors (Lipinski definition) is 0. The topological polar surface area (TPSA) is 71.0 Å². The van der Waals surface area contributed by atoms with E-state index < -0.39 is 5.60 Å². The van der Waals surface area contributed by atoms with Crippen LogP contribution in [0.25, 0.3) is 11.3 Å². The van der Waals surface area contributed by atoms with Gasteiger partial charge in [0.25, 0.3) is 0 Å². The number of carbonyl (C=O) groups excluding carboxylic acids is 1. The molecule has 5 heterocycles. The predicted molar refractivity (Wildman–Crippen MR) is 182 cm³/mol. The largest absolute Gasteiger partial charge is 0.477 e. The molecule has 3 atom stereocenters. The van der Waals surface area contributed by atoms with Gasteiger partial charge in [0.1, 0.15) is 5.60 Å². The van der Waals surface area contributed by atoms with Crippen LogP contribution < -0.4 is 4.74 Å². The van der Waals surface area contributed by atoms with Crippen LogP contribution in [0.2, 0.25) is 0 Å². The van der Waals surface area contributed by atoms with Crippen LogP contribution >= 0.6 is 0 Å². The molecular weight excluding hydrogens is 574 g/mol. The third-order valence-corrected chi connectivity index (χ3v) is 10.1. The number of piperidine rings is 1. The predicted octanol–water partition coefficient (Wildman–Crippen LogP) is 6.93. The van der Waals surface area contributed by atoms with Gasteiger partial charge in [0.2, 0.25) is 5.88 Å². The Balaban J connectivity index is 1.32. The Labute approximate surface area is 275 Å². The Kier molecular flexibility index (Phi) is 9.67. The molecular formula is C38H51N5O3. The lowest BCUT2D eigenvalue weighted by atomic mass is 9.62. The minimum absolute atomic E-state index is 0.00586. The summed E-state index contributed by atoms with van der Waals surface area (Å²) in [6, 6.07) is 19.5. The minimum Gasteiger partial charge on any atom is -0.477 e. The first-order valence-corrected chi connectivity index (χ1v) is 17.3. The van der Waals surface area contributed by atoms with Crippen LogP contribution in [0.4, 0.5) is 4.79 Å². The molecule has 2 saturated heterocycles. The van der Waals surface area contributed by atoms with Crippen LogP contribution in [0.5, 0.6) is 5.88 Å². The van der Waals surface area contributed by atoms with E-state index in [-0.39, 0.29) is 17.6 Å². The third kappa shape index (κ3) is 6.93. The lowest BCUT2D eigenvalue weighted by Crippen LogP contribution is -2.58. The van der Waals surface area contributed by atoms with Gasteiger partial charge in [0.15, 0.2) is 0 Å². The molecule has 1 amide bonds. The zero-order valence-electron chi connectivity index (χ0n) is 28.4. The Hall–Kier alpha value is -3.49. The highest BCUT2D eigenvalue weighted by atomic mass is 16.6. The zero-order chi connectivity index (χ0) is 32.3. The number of hydrogen-bond acceptors (Lipinski definition) is 7. The van der Waals surface area contributed by atoms with Crippen LogP contribution in [0.15, 0.2) is 60.8 Å². The highest BCUT2D eigenvalue weighted by molar-refractivity contribution is 5.69. The van der Waals surface area contributed by atoms with E-state index in [1.807, 2.05) is 38.7 Å². The molecule has 0 aliphatic carbocycles. The molecule has 2 unspecified atom stereocenters. The molecule has 0 saturated carbocycles. The molecule has 8 nitrogen and oxygen atoms in total. The number of aromatic nitrogens is 2. The number of ether oxygens (including phenoxy) is 2. The van der Waals surface area contributed by atoms with Crippen molar-refractivity contribution in [2.75, 3.05) is 39.3 Å². The molecule has 1 aromatic carbocycles. The van der Waals surface area contributed by atoms with Crippen molar-refractivity contribution in [1.82, 2.24) is 24.7 Å². The van der Waals surface area contributed by atoms with Crippen molar-refractivity contribution in [3.8, 4) is 17.1 Å². The lowest BCUT2D eigenvalue weighted by Gasteiger charge is -2.53. The molecule has 2 aromatic heterocycles. The number of fused-ring (bicyclic) bond motifs is 2. The minimum atomic E-state index is -0.507. The van der Waals surface area contributed by atoms with Crippen LogP contribution in [-0.4, -0.2) is 81.7 Å². The molecule has 0 bridgehead atoms. The maximum absolute atomic E-state index is 13.2. The summed E-state index contributed by atoms with van der Waals surface area (Å²) in [6.07, 6.45) is 5.78. The van der Waals surface area contributed by atoms with E-state index in [1.165, 1.54) is 11.1 Å². The Morgan fingerprint density at radius 3 is 2.61 bits per heavy atom. The van der Waals surface area contributed by atoms with Gasteiger partial charge < -0.3 is 14.4 Å². The van der Waals surface area contributed by atoms with E-state index in [0.717, 1.165) is 88.4 Å². The summed E-state index contributed by atoms with van der Waals surface area (Å²) in [5, 5.41) is 0. The molecule has 0 N–H and O–H groups in total. The number of rotatable bonds is 8. The van der Waals surface area contributed by atoms with E-state index in [4.69, 9.17) is 14.5 Å². The van der Waals surface area contributed by atoms with Crippen molar-refractivity contribution in [3.63, 3.8) is 0 Å². The standard InChI is InChI=1S/C38H51N5O3/c1-6-29-24-41(23-28-13-9-8-10-14-28)22-19-38(29)27-42(25-30-15-12-21-43(30)36(44)46-37(3,4)5)26-34-32(38)17-18-33(40-34)31-16-11-20-39-35(31)45-7-2/h8-11,13-14,16-18,20,29-30H,6-7,12,15,19,21-27H2,1-5H3/t29?,30-,38?/m1/s1. The number of carbonyl (C=O) groups is 1. The highest BCUT2D eigenvalue weighted by Gasteiger charge is 2.49. The zero-order valence-corrected chi connectivity index (χ0v) is 28.4. The maximum Gasteiger partial charge on any atom is 0.410 e. The van der Waals surface area contributed by atoms with Gasteiger partial charge in [0.05, 0.1) is 23.6 Å². The molecule has 3 aliphatic heterocycles. The summed E-state index contributed by atoms with van der Waals surface area (Å²) < 4.78 is 11.7. The summed E-state index contributed by atoms with van der Waals surface area (Å²) in [7, 11) is 0. The Bertz CT molecular complexity index is 1490. The fourth-order valence-corrected chi connectivity index (χ4v) is 8.04. The van der Waals surface area contributed by atoms with Crippen LogP contribution in [0.3, 0.4) is 0 Å². The number of pyridine rings is 2. The molecule has 1 spiro atoms. The van der Waals surface area contributed by atoms with Gasteiger partial charge in [-0.15, -0.1) is 0 Å². The number of nitrogens with zero attached hydrogens (tertiary/aromatic N) is 5. The van der Waals surface area contributed by atoms with Crippen molar-refractivity contribution in [3.05, 3.63) is 77.6 Å². The molecule has 246 valence electrons. The molecule has 3 aliphatic rings. The summed E-state index contributed by atoms with van der Waals surface area (Å²) in [6.45, 7) is 17.1. The molecule has 0 radical (unpaired) electrons. The number of benzene rings is 1. The van der Waals surface area contributed by atoms with Crippen LogP contribution in [0.1, 0.15) is 77.1 Å². The van der Waals surface area contributed by atoms with Gasteiger partial charge >= 0.3 is 6.09 Å². The third-order valence-electron chi connectivity index (χ3n) is 10.1. The number of likely N-dealkylation sites (tertiary alicyclic amines) is 2. The Morgan fingerprint density at radius 1 is 1.02 bits per heavy atom. The molecule has 46 heavy (non-hydrogen) atoms. The maximum atomic E-state index is 13.2. The number of amides is 1. The van der Waals surface area contributed by atoms with E-state index in [2.05, 4.69) is 70.2 Å². The normalized spacial score (nSPS) is 23.8. The van der Waals surface area contributed by atoms with E-state index in [0.29, 0.717) is 18.4 Å². The average Bonchev–Trinajstić information content (AvgIpc) is 3.50. The van der Waals surface area contributed by atoms with E-state index in [1.54, 1.807) is 6.20 Å². The first-order chi connectivity index (χ1) is 22.2. The summed E-state index contributed by atoms with van der Waals surface area (Å²) in [5.74, 6) is 1.11. The summed E-state index contributed by atoms with van der Waals surface area (Å²) in [5.41, 5.74) is 5.23. The van der Waals surface area contributed by atoms with Crippen molar-refractivity contribution in [2.45, 2.75) is 90.4 Å². The fourth-order valence-electron chi connectivity index (χ4n) is 8.04.